The normalized spacial score (nSPS) is 12.1. The highest BCUT2D eigenvalue weighted by Crippen LogP contribution is 2.08. The van der Waals surface area contributed by atoms with E-state index < -0.39 is 5.97 Å². The highest BCUT2D eigenvalue weighted by molar-refractivity contribution is 5.95. The first-order valence-electron chi connectivity index (χ1n) is 5.14. The van der Waals surface area contributed by atoms with Gasteiger partial charge in [-0.05, 0) is 5.92 Å². The van der Waals surface area contributed by atoms with Gasteiger partial charge in [0.1, 0.15) is 6.26 Å². The molecule has 0 spiro atoms. The van der Waals surface area contributed by atoms with Crippen molar-refractivity contribution in [3.05, 3.63) is 23.7 Å². The van der Waals surface area contributed by atoms with Gasteiger partial charge in [-0.2, -0.15) is 0 Å². The number of nitrogens with one attached hydrogen (secondary N) is 1. The second-order valence-corrected chi connectivity index (χ2v) is 3.73. The third-order valence-electron chi connectivity index (χ3n) is 2.38. The molecule has 1 unspecified atom stereocenters. The van der Waals surface area contributed by atoms with E-state index in [0.29, 0.717) is 12.5 Å². The Balaban J connectivity index is 2.56. The summed E-state index contributed by atoms with van der Waals surface area (Å²) in [4.78, 5) is 22.1. The second-order valence-electron chi connectivity index (χ2n) is 3.73. The summed E-state index contributed by atoms with van der Waals surface area (Å²) in [6.45, 7) is 4.61. The molecule has 1 amide bonds. The van der Waals surface area contributed by atoms with Crippen molar-refractivity contribution < 1.29 is 19.1 Å². The number of aromatic carboxylic acids is 1. The third-order valence-corrected chi connectivity index (χ3v) is 2.38. The molecule has 0 saturated carbocycles. The molecule has 0 saturated heterocycles. The first-order chi connectivity index (χ1) is 7.54. The summed E-state index contributed by atoms with van der Waals surface area (Å²) < 4.78 is 4.86. The molecule has 0 aliphatic rings. The van der Waals surface area contributed by atoms with Crippen molar-refractivity contribution in [1.29, 1.82) is 0 Å². The summed E-state index contributed by atoms with van der Waals surface area (Å²) >= 11 is 0. The van der Waals surface area contributed by atoms with E-state index in [4.69, 9.17) is 9.52 Å². The summed E-state index contributed by atoms with van der Waals surface area (Å²) in [6.07, 6.45) is 2.03. The Hall–Kier alpha value is -1.78. The Morgan fingerprint density at radius 1 is 1.56 bits per heavy atom. The van der Waals surface area contributed by atoms with Crippen LogP contribution in [0.1, 0.15) is 41.2 Å². The summed E-state index contributed by atoms with van der Waals surface area (Å²) in [6, 6.07) is 1.22. The number of carbonyl (C=O) groups excluding carboxylic acids is 1. The van der Waals surface area contributed by atoms with Crippen LogP contribution in [0.15, 0.2) is 16.7 Å². The predicted molar refractivity (Wildman–Crippen MR) is 57.5 cm³/mol. The monoisotopic (exact) mass is 225 g/mol. The molecule has 88 valence electrons. The number of carboxylic acid groups (broad SMARTS) is 1. The smallest absolute Gasteiger partial charge is 0.338 e. The Bertz CT molecular complexity index is 383. The van der Waals surface area contributed by atoms with E-state index in [1.807, 2.05) is 13.8 Å². The van der Waals surface area contributed by atoms with Crippen molar-refractivity contribution in [3.8, 4) is 0 Å². The maximum absolute atomic E-state index is 11.5. The molecule has 2 N–H and O–H groups in total. The second kappa shape index (κ2) is 5.34. The SMILES string of the molecule is CCC(C)CNC(=O)c1cc(C(=O)O)co1. The first kappa shape index (κ1) is 12.3. The molecular weight excluding hydrogens is 210 g/mol. The molecule has 1 atom stereocenters. The molecule has 0 bridgehead atoms. The first-order valence-corrected chi connectivity index (χ1v) is 5.14. The van der Waals surface area contributed by atoms with Gasteiger partial charge in [0.05, 0.1) is 5.56 Å². The van der Waals surface area contributed by atoms with Crippen molar-refractivity contribution in [3.63, 3.8) is 0 Å². The van der Waals surface area contributed by atoms with Crippen molar-refractivity contribution in [2.45, 2.75) is 20.3 Å². The Morgan fingerprint density at radius 3 is 2.75 bits per heavy atom. The standard InChI is InChI=1S/C11H15NO4/c1-3-7(2)5-12-10(13)9-4-8(6-16-9)11(14)15/h4,6-7H,3,5H2,1-2H3,(H,12,13)(H,14,15). The van der Waals surface area contributed by atoms with Gasteiger partial charge < -0.3 is 14.8 Å². The van der Waals surface area contributed by atoms with Gasteiger partial charge in [-0.25, -0.2) is 4.79 Å². The van der Waals surface area contributed by atoms with E-state index in [-0.39, 0.29) is 17.2 Å². The lowest BCUT2D eigenvalue weighted by molar-refractivity contribution is 0.0696. The molecule has 1 heterocycles. The van der Waals surface area contributed by atoms with Gasteiger partial charge >= 0.3 is 5.97 Å². The summed E-state index contributed by atoms with van der Waals surface area (Å²) in [5.41, 5.74) is -0.0197. The predicted octanol–water partition coefficient (Wildman–Crippen LogP) is 1.75. The topological polar surface area (TPSA) is 79.5 Å². The lowest BCUT2D eigenvalue weighted by Crippen LogP contribution is -2.27. The number of furan rings is 1. The van der Waals surface area contributed by atoms with Gasteiger partial charge in [0.25, 0.3) is 5.91 Å². The average molecular weight is 225 g/mol. The number of carbonyl (C=O) groups is 2. The fraction of sp³-hybridized carbons (Fsp3) is 0.455. The van der Waals surface area contributed by atoms with Gasteiger partial charge in [0.2, 0.25) is 0 Å². The molecule has 1 aromatic rings. The molecule has 0 aromatic carbocycles. The molecule has 1 aromatic heterocycles. The lowest BCUT2D eigenvalue weighted by atomic mass is 10.1. The van der Waals surface area contributed by atoms with E-state index in [1.165, 1.54) is 6.07 Å². The number of amides is 1. The molecule has 5 nitrogen and oxygen atoms in total. The maximum Gasteiger partial charge on any atom is 0.338 e. The highest BCUT2D eigenvalue weighted by Gasteiger charge is 2.14. The van der Waals surface area contributed by atoms with Gasteiger partial charge in [-0.15, -0.1) is 0 Å². The van der Waals surface area contributed by atoms with E-state index in [0.717, 1.165) is 12.7 Å². The fourth-order valence-electron chi connectivity index (χ4n) is 1.07. The summed E-state index contributed by atoms with van der Waals surface area (Å²) in [5, 5.41) is 11.3. The van der Waals surface area contributed by atoms with Crippen LogP contribution in [0, 0.1) is 5.92 Å². The average Bonchev–Trinajstić information content (AvgIpc) is 2.74. The Kier molecular flexibility index (Phi) is 4.10. The molecule has 16 heavy (non-hydrogen) atoms. The molecule has 5 heteroatoms. The highest BCUT2D eigenvalue weighted by atomic mass is 16.4. The van der Waals surface area contributed by atoms with Crippen LogP contribution in [-0.4, -0.2) is 23.5 Å². The van der Waals surface area contributed by atoms with Crippen LogP contribution in [0.3, 0.4) is 0 Å². The van der Waals surface area contributed by atoms with Crippen LogP contribution >= 0.6 is 0 Å². The number of carboxylic acids is 1. The van der Waals surface area contributed by atoms with E-state index >= 15 is 0 Å². The molecule has 0 fully saturated rings. The fourth-order valence-corrected chi connectivity index (χ4v) is 1.07. The van der Waals surface area contributed by atoms with Crippen molar-refractivity contribution >= 4 is 11.9 Å². The summed E-state index contributed by atoms with van der Waals surface area (Å²) in [5.74, 6) is -1.07. The van der Waals surface area contributed by atoms with Crippen LogP contribution in [-0.2, 0) is 0 Å². The molecular formula is C11H15NO4. The largest absolute Gasteiger partial charge is 0.478 e. The molecule has 1 rings (SSSR count). The van der Waals surface area contributed by atoms with Gasteiger partial charge in [0, 0.05) is 12.6 Å². The number of hydrogen-bond donors (Lipinski definition) is 2. The minimum atomic E-state index is -1.11. The number of rotatable bonds is 5. The minimum absolute atomic E-state index is 0.0197. The van der Waals surface area contributed by atoms with Gasteiger partial charge in [-0.3, -0.25) is 4.79 Å². The van der Waals surface area contributed by atoms with Crippen LogP contribution in [0.2, 0.25) is 0 Å². The van der Waals surface area contributed by atoms with E-state index in [2.05, 4.69) is 5.32 Å². The van der Waals surface area contributed by atoms with E-state index in [9.17, 15) is 9.59 Å². The Labute approximate surface area is 93.4 Å². The van der Waals surface area contributed by atoms with Crippen LogP contribution in [0.4, 0.5) is 0 Å². The van der Waals surface area contributed by atoms with Gasteiger partial charge in [0.15, 0.2) is 5.76 Å². The van der Waals surface area contributed by atoms with Crippen LogP contribution in [0.5, 0.6) is 0 Å². The van der Waals surface area contributed by atoms with Crippen LogP contribution in [0.25, 0.3) is 0 Å². The van der Waals surface area contributed by atoms with Crippen molar-refractivity contribution in [1.82, 2.24) is 5.32 Å². The van der Waals surface area contributed by atoms with Crippen molar-refractivity contribution in [2.75, 3.05) is 6.54 Å². The molecule has 0 aliphatic heterocycles. The van der Waals surface area contributed by atoms with Gasteiger partial charge in [-0.1, -0.05) is 20.3 Å². The van der Waals surface area contributed by atoms with Crippen LogP contribution < -0.4 is 5.32 Å². The lowest BCUT2D eigenvalue weighted by Gasteiger charge is -2.08. The quantitative estimate of drug-likeness (QED) is 0.800. The minimum Gasteiger partial charge on any atom is -0.478 e. The molecule has 0 radical (unpaired) electrons. The third kappa shape index (κ3) is 3.12. The molecule has 0 aliphatic carbocycles. The zero-order valence-electron chi connectivity index (χ0n) is 9.32. The maximum atomic E-state index is 11.5. The summed E-state index contributed by atoms with van der Waals surface area (Å²) in [7, 11) is 0. The number of hydrogen-bond acceptors (Lipinski definition) is 3. The van der Waals surface area contributed by atoms with Crippen molar-refractivity contribution in [2.24, 2.45) is 5.92 Å². The van der Waals surface area contributed by atoms with E-state index in [1.54, 1.807) is 0 Å². The Morgan fingerprint density at radius 2 is 2.25 bits per heavy atom. The zero-order valence-corrected chi connectivity index (χ0v) is 9.32. The zero-order chi connectivity index (χ0) is 12.1.